The standard InChI is InChI=1S/C7H12O4S2/c8-6(9)2-4(7(10)11)1-5(13)3-12/h4-5,12-13H,1-3H2,(H,8,9)(H,10,11). The molecule has 0 bridgehead atoms. The van der Waals surface area contributed by atoms with Crippen LogP contribution < -0.4 is 0 Å². The number of carboxylic acids is 2. The Morgan fingerprint density at radius 2 is 1.85 bits per heavy atom. The van der Waals surface area contributed by atoms with E-state index in [2.05, 4.69) is 25.3 Å². The molecule has 0 aliphatic carbocycles. The van der Waals surface area contributed by atoms with E-state index in [-0.39, 0.29) is 18.1 Å². The molecule has 13 heavy (non-hydrogen) atoms. The van der Waals surface area contributed by atoms with Crippen molar-refractivity contribution in [2.24, 2.45) is 5.92 Å². The SMILES string of the molecule is O=C(O)CC(CC(S)CS)C(=O)O. The number of carboxylic acid groups (broad SMARTS) is 2. The molecule has 2 atom stereocenters. The number of hydrogen-bond donors (Lipinski definition) is 4. The Balaban J connectivity index is 4.10. The normalized spacial score (nSPS) is 14.9. The summed E-state index contributed by atoms with van der Waals surface area (Å²) >= 11 is 7.99. The van der Waals surface area contributed by atoms with Crippen molar-refractivity contribution in [3.8, 4) is 0 Å². The van der Waals surface area contributed by atoms with E-state index in [4.69, 9.17) is 10.2 Å². The molecule has 0 rings (SSSR count). The van der Waals surface area contributed by atoms with Crippen LogP contribution in [0.2, 0.25) is 0 Å². The fourth-order valence-electron chi connectivity index (χ4n) is 0.885. The van der Waals surface area contributed by atoms with Crippen molar-refractivity contribution in [3.05, 3.63) is 0 Å². The number of thiol groups is 2. The van der Waals surface area contributed by atoms with E-state index in [1.54, 1.807) is 0 Å². The lowest BCUT2D eigenvalue weighted by Gasteiger charge is -2.13. The summed E-state index contributed by atoms with van der Waals surface area (Å²) in [6.07, 6.45) is -0.131. The third kappa shape index (κ3) is 5.81. The van der Waals surface area contributed by atoms with E-state index in [1.165, 1.54) is 0 Å². The number of rotatable bonds is 6. The predicted octanol–water partition coefficient (Wildman–Crippen LogP) is 0.780. The van der Waals surface area contributed by atoms with Gasteiger partial charge in [-0.3, -0.25) is 9.59 Å². The molecule has 0 aromatic carbocycles. The maximum absolute atomic E-state index is 10.6. The molecule has 76 valence electrons. The zero-order valence-electron chi connectivity index (χ0n) is 6.88. The molecule has 0 saturated heterocycles. The van der Waals surface area contributed by atoms with Crippen LogP contribution in [0.4, 0.5) is 0 Å². The minimum Gasteiger partial charge on any atom is -0.481 e. The Morgan fingerprint density at radius 3 is 2.15 bits per heavy atom. The van der Waals surface area contributed by atoms with Crippen molar-refractivity contribution in [1.82, 2.24) is 0 Å². The molecular formula is C7H12O4S2. The van der Waals surface area contributed by atoms with Gasteiger partial charge in [0.1, 0.15) is 0 Å². The highest BCUT2D eigenvalue weighted by atomic mass is 32.1. The molecule has 2 N–H and O–H groups in total. The Morgan fingerprint density at radius 1 is 1.31 bits per heavy atom. The lowest BCUT2D eigenvalue weighted by molar-refractivity contribution is -0.148. The first-order chi connectivity index (χ1) is 5.97. The van der Waals surface area contributed by atoms with E-state index in [0.717, 1.165) is 0 Å². The van der Waals surface area contributed by atoms with Crippen molar-refractivity contribution in [3.63, 3.8) is 0 Å². The molecule has 0 spiro atoms. The fourth-order valence-corrected chi connectivity index (χ4v) is 1.29. The molecule has 0 aromatic heterocycles. The largest absolute Gasteiger partial charge is 0.481 e. The van der Waals surface area contributed by atoms with Gasteiger partial charge in [-0.15, -0.1) is 0 Å². The monoisotopic (exact) mass is 224 g/mol. The summed E-state index contributed by atoms with van der Waals surface area (Å²) in [5, 5.41) is 16.9. The second-order valence-corrected chi connectivity index (χ2v) is 3.80. The molecule has 0 saturated carbocycles. The summed E-state index contributed by atoms with van der Waals surface area (Å²) in [4.78, 5) is 20.8. The van der Waals surface area contributed by atoms with E-state index < -0.39 is 17.9 Å². The van der Waals surface area contributed by atoms with Crippen molar-refractivity contribution >= 4 is 37.2 Å². The van der Waals surface area contributed by atoms with Gasteiger partial charge in [0.2, 0.25) is 0 Å². The molecule has 0 fully saturated rings. The van der Waals surface area contributed by atoms with Crippen LogP contribution >= 0.6 is 25.3 Å². The van der Waals surface area contributed by atoms with Crippen LogP contribution in [-0.2, 0) is 9.59 Å². The molecule has 0 heterocycles. The third-order valence-electron chi connectivity index (χ3n) is 1.54. The Kier molecular flexibility index (Phi) is 5.98. The van der Waals surface area contributed by atoms with Gasteiger partial charge in [0.15, 0.2) is 0 Å². The maximum Gasteiger partial charge on any atom is 0.307 e. The summed E-state index contributed by atoms with van der Waals surface area (Å²) in [5.74, 6) is -2.63. The second-order valence-electron chi connectivity index (χ2n) is 2.71. The van der Waals surface area contributed by atoms with Crippen LogP contribution in [0.3, 0.4) is 0 Å². The number of hydrogen-bond acceptors (Lipinski definition) is 4. The first-order valence-corrected chi connectivity index (χ1v) is 4.85. The molecule has 0 aromatic rings. The summed E-state index contributed by atoms with van der Waals surface area (Å²) in [5.41, 5.74) is 0. The van der Waals surface area contributed by atoms with E-state index in [9.17, 15) is 9.59 Å². The molecule has 0 aliphatic heterocycles. The average molecular weight is 224 g/mol. The van der Waals surface area contributed by atoms with Crippen LogP contribution in [0.25, 0.3) is 0 Å². The molecule has 6 heteroatoms. The van der Waals surface area contributed by atoms with Gasteiger partial charge < -0.3 is 10.2 Å². The van der Waals surface area contributed by atoms with Gasteiger partial charge >= 0.3 is 11.9 Å². The molecule has 2 unspecified atom stereocenters. The smallest absolute Gasteiger partial charge is 0.307 e. The fraction of sp³-hybridized carbons (Fsp3) is 0.714. The quantitative estimate of drug-likeness (QED) is 0.503. The van der Waals surface area contributed by atoms with E-state index in [1.807, 2.05) is 0 Å². The first-order valence-electron chi connectivity index (χ1n) is 3.71. The van der Waals surface area contributed by atoms with Gasteiger partial charge in [-0.25, -0.2) is 0 Å². The minimum absolute atomic E-state index is 0.177. The van der Waals surface area contributed by atoms with Gasteiger partial charge in [-0.1, -0.05) is 0 Å². The zero-order valence-corrected chi connectivity index (χ0v) is 8.67. The lowest BCUT2D eigenvalue weighted by Crippen LogP contribution is -2.22. The minimum atomic E-state index is -1.10. The van der Waals surface area contributed by atoms with Gasteiger partial charge in [-0.2, -0.15) is 25.3 Å². The molecule has 0 radical (unpaired) electrons. The zero-order chi connectivity index (χ0) is 10.4. The van der Waals surface area contributed by atoms with Crippen LogP contribution in [-0.4, -0.2) is 33.2 Å². The highest BCUT2D eigenvalue weighted by Crippen LogP contribution is 2.16. The van der Waals surface area contributed by atoms with Gasteiger partial charge in [0.25, 0.3) is 0 Å². The average Bonchev–Trinajstić information content (AvgIpc) is 2.02. The summed E-state index contributed by atoms with van der Waals surface area (Å²) in [6, 6.07) is 0. The number of aliphatic carboxylic acids is 2. The lowest BCUT2D eigenvalue weighted by atomic mass is 10.00. The van der Waals surface area contributed by atoms with E-state index >= 15 is 0 Å². The molecule has 0 aliphatic rings. The van der Waals surface area contributed by atoms with E-state index in [0.29, 0.717) is 5.75 Å². The molecule has 0 amide bonds. The van der Waals surface area contributed by atoms with Crippen molar-refractivity contribution in [2.45, 2.75) is 18.1 Å². The Hall–Kier alpha value is -0.360. The van der Waals surface area contributed by atoms with Crippen LogP contribution in [0.5, 0.6) is 0 Å². The maximum atomic E-state index is 10.6. The highest BCUT2D eigenvalue weighted by molar-refractivity contribution is 7.84. The Labute approximate surface area is 87.2 Å². The van der Waals surface area contributed by atoms with Crippen LogP contribution in [0.1, 0.15) is 12.8 Å². The van der Waals surface area contributed by atoms with Crippen molar-refractivity contribution in [2.75, 3.05) is 5.75 Å². The van der Waals surface area contributed by atoms with Gasteiger partial charge in [0, 0.05) is 11.0 Å². The van der Waals surface area contributed by atoms with Crippen molar-refractivity contribution in [1.29, 1.82) is 0 Å². The topological polar surface area (TPSA) is 74.6 Å². The Bertz CT molecular complexity index is 195. The van der Waals surface area contributed by atoms with Gasteiger partial charge in [0.05, 0.1) is 12.3 Å². The van der Waals surface area contributed by atoms with Crippen LogP contribution in [0, 0.1) is 5.92 Å². The number of carbonyl (C=O) groups is 2. The summed E-state index contributed by atoms with van der Waals surface area (Å²) in [6.45, 7) is 0. The molecular weight excluding hydrogens is 212 g/mol. The predicted molar refractivity (Wildman–Crippen MR) is 54.6 cm³/mol. The molecule has 4 nitrogen and oxygen atoms in total. The highest BCUT2D eigenvalue weighted by Gasteiger charge is 2.22. The first kappa shape index (κ1) is 12.6. The summed E-state index contributed by atoms with van der Waals surface area (Å²) in [7, 11) is 0. The van der Waals surface area contributed by atoms with Crippen molar-refractivity contribution < 1.29 is 19.8 Å². The third-order valence-corrected chi connectivity index (χ3v) is 2.66. The summed E-state index contributed by atoms with van der Waals surface area (Å²) < 4.78 is 0. The van der Waals surface area contributed by atoms with Crippen LogP contribution in [0.15, 0.2) is 0 Å². The second kappa shape index (κ2) is 6.15. The van der Waals surface area contributed by atoms with Gasteiger partial charge in [-0.05, 0) is 6.42 Å².